The first-order valence-electron chi connectivity index (χ1n) is 4.54. The van der Waals surface area contributed by atoms with Crippen LogP contribution < -0.4 is 0 Å². The lowest BCUT2D eigenvalue weighted by atomic mass is 10.4. The highest BCUT2D eigenvalue weighted by Crippen LogP contribution is 1.89. The molecule has 0 N–H and O–H groups in total. The second-order valence-corrected chi connectivity index (χ2v) is 2.63. The molecule has 0 spiro atoms. The van der Waals surface area contributed by atoms with Crippen LogP contribution in [0, 0.1) is 0 Å². The number of ether oxygens (including phenoxy) is 2. The molecule has 0 heterocycles. The van der Waals surface area contributed by atoms with E-state index in [1.807, 2.05) is 6.92 Å². The Kier molecular flexibility index (Phi) is 8.12. The molecule has 3 nitrogen and oxygen atoms in total. The van der Waals surface area contributed by atoms with Gasteiger partial charge < -0.3 is 9.47 Å². The molecule has 0 unspecified atom stereocenters. The lowest BCUT2D eigenvalue weighted by Crippen LogP contribution is -2.13. The molecule has 0 aromatic rings. The van der Waals surface area contributed by atoms with Crippen molar-refractivity contribution in [2.45, 2.75) is 33.1 Å². The standard InChI is InChI=1S/C9H18O3/c1-3-5-7-11-8-9(10)12-6-4-2/h3-8H2,1-2H3. The third-order valence-corrected chi connectivity index (χ3v) is 1.33. The second kappa shape index (κ2) is 8.53. The lowest BCUT2D eigenvalue weighted by molar-refractivity contribution is -0.149. The van der Waals surface area contributed by atoms with Crippen molar-refractivity contribution in [3.05, 3.63) is 0 Å². The van der Waals surface area contributed by atoms with Gasteiger partial charge in [0.1, 0.15) is 6.61 Å². The Hall–Kier alpha value is -0.570. The maximum atomic E-state index is 10.8. The molecule has 0 saturated heterocycles. The summed E-state index contributed by atoms with van der Waals surface area (Å²) < 4.78 is 9.87. The van der Waals surface area contributed by atoms with E-state index in [-0.39, 0.29) is 12.6 Å². The summed E-state index contributed by atoms with van der Waals surface area (Å²) in [5.74, 6) is -0.257. The molecule has 0 radical (unpaired) electrons. The zero-order valence-electron chi connectivity index (χ0n) is 7.97. The van der Waals surface area contributed by atoms with Gasteiger partial charge in [0.05, 0.1) is 6.61 Å². The summed E-state index contributed by atoms with van der Waals surface area (Å²) in [7, 11) is 0. The van der Waals surface area contributed by atoms with Crippen LogP contribution in [0.25, 0.3) is 0 Å². The minimum absolute atomic E-state index is 0.0972. The van der Waals surface area contributed by atoms with Gasteiger partial charge in [-0.25, -0.2) is 4.79 Å². The number of esters is 1. The molecular weight excluding hydrogens is 156 g/mol. The fourth-order valence-electron chi connectivity index (χ4n) is 0.659. The summed E-state index contributed by atoms with van der Waals surface area (Å²) in [5, 5.41) is 0. The Morgan fingerprint density at radius 1 is 1.17 bits per heavy atom. The van der Waals surface area contributed by atoms with E-state index in [0.717, 1.165) is 19.3 Å². The number of hydrogen-bond donors (Lipinski definition) is 0. The monoisotopic (exact) mass is 174 g/mol. The summed E-state index contributed by atoms with van der Waals surface area (Å²) in [6.45, 7) is 5.29. The van der Waals surface area contributed by atoms with Gasteiger partial charge in [0.2, 0.25) is 0 Å². The van der Waals surface area contributed by atoms with E-state index in [4.69, 9.17) is 9.47 Å². The van der Waals surface area contributed by atoms with E-state index in [2.05, 4.69) is 6.92 Å². The van der Waals surface area contributed by atoms with Gasteiger partial charge in [0.25, 0.3) is 0 Å². The van der Waals surface area contributed by atoms with Gasteiger partial charge in [-0.2, -0.15) is 0 Å². The van der Waals surface area contributed by atoms with Crippen molar-refractivity contribution in [1.29, 1.82) is 0 Å². The van der Waals surface area contributed by atoms with Crippen molar-refractivity contribution < 1.29 is 14.3 Å². The Balaban J connectivity index is 3.08. The van der Waals surface area contributed by atoms with Crippen LogP contribution >= 0.6 is 0 Å². The van der Waals surface area contributed by atoms with Crippen molar-refractivity contribution in [3.8, 4) is 0 Å². The number of rotatable bonds is 7. The van der Waals surface area contributed by atoms with Gasteiger partial charge in [0, 0.05) is 6.61 Å². The molecule has 12 heavy (non-hydrogen) atoms. The zero-order valence-corrected chi connectivity index (χ0v) is 7.97. The highest BCUT2D eigenvalue weighted by molar-refractivity contribution is 5.70. The largest absolute Gasteiger partial charge is 0.464 e. The quantitative estimate of drug-likeness (QED) is 0.436. The van der Waals surface area contributed by atoms with Gasteiger partial charge >= 0.3 is 5.97 Å². The number of carbonyl (C=O) groups is 1. The fraction of sp³-hybridized carbons (Fsp3) is 0.889. The summed E-state index contributed by atoms with van der Waals surface area (Å²) in [6.07, 6.45) is 2.95. The fourth-order valence-corrected chi connectivity index (χ4v) is 0.659. The van der Waals surface area contributed by atoms with E-state index < -0.39 is 0 Å². The molecule has 3 heteroatoms. The molecule has 0 aliphatic heterocycles. The zero-order chi connectivity index (χ0) is 9.23. The van der Waals surface area contributed by atoms with Crippen molar-refractivity contribution in [2.24, 2.45) is 0 Å². The molecule has 0 aliphatic carbocycles. The summed E-state index contributed by atoms with van der Waals surface area (Å²) in [6, 6.07) is 0. The molecule has 0 amide bonds. The first kappa shape index (κ1) is 11.4. The molecule has 0 fully saturated rings. The van der Waals surface area contributed by atoms with Gasteiger partial charge in [-0.3, -0.25) is 0 Å². The molecule has 0 aromatic heterocycles. The predicted octanol–water partition coefficient (Wildman–Crippen LogP) is 1.76. The van der Waals surface area contributed by atoms with Crippen molar-refractivity contribution in [2.75, 3.05) is 19.8 Å². The molecular formula is C9H18O3. The molecule has 0 saturated carbocycles. The van der Waals surface area contributed by atoms with Crippen LogP contribution in [0.4, 0.5) is 0 Å². The third-order valence-electron chi connectivity index (χ3n) is 1.33. The van der Waals surface area contributed by atoms with Crippen LogP contribution in [-0.2, 0) is 14.3 Å². The number of unbranched alkanes of at least 4 members (excludes halogenated alkanes) is 1. The average molecular weight is 174 g/mol. The minimum atomic E-state index is -0.257. The van der Waals surface area contributed by atoms with E-state index in [1.54, 1.807) is 0 Å². The normalized spacial score (nSPS) is 9.83. The molecule has 0 bridgehead atoms. The van der Waals surface area contributed by atoms with Crippen LogP contribution in [-0.4, -0.2) is 25.8 Å². The van der Waals surface area contributed by atoms with Gasteiger partial charge in [0.15, 0.2) is 0 Å². The average Bonchev–Trinajstić information content (AvgIpc) is 2.09. The molecule has 72 valence electrons. The van der Waals surface area contributed by atoms with Crippen LogP contribution in [0.5, 0.6) is 0 Å². The number of hydrogen-bond acceptors (Lipinski definition) is 3. The van der Waals surface area contributed by atoms with E-state index >= 15 is 0 Å². The molecule has 0 rings (SSSR count). The first-order valence-corrected chi connectivity index (χ1v) is 4.54. The van der Waals surface area contributed by atoms with Crippen LogP contribution in [0.15, 0.2) is 0 Å². The van der Waals surface area contributed by atoms with Crippen molar-refractivity contribution >= 4 is 5.97 Å². The third kappa shape index (κ3) is 7.54. The molecule has 0 atom stereocenters. The maximum absolute atomic E-state index is 10.8. The van der Waals surface area contributed by atoms with Gasteiger partial charge in [-0.15, -0.1) is 0 Å². The Labute approximate surface area is 74.0 Å². The summed E-state index contributed by atoms with van der Waals surface area (Å²) in [4.78, 5) is 10.8. The lowest BCUT2D eigenvalue weighted by Gasteiger charge is -2.03. The minimum Gasteiger partial charge on any atom is -0.464 e. The van der Waals surface area contributed by atoms with Crippen molar-refractivity contribution in [3.63, 3.8) is 0 Å². The smallest absolute Gasteiger partial charge is 0.332 e. The Bertz CT molecular complexity index is 112. The highest BCUT2D eigenvalue weighted by Gasteiger charge is 2.00. The Morgan fingerprint density at radius 2 is 1.92 bits per heavy atom. The number of carbonyl (C=O) groups excluding carboxylic acids is 1. The molecule has 0 aliphatic rings. The SMILES string of the molecule is CCCCOCC(=O)OCCC. The van der Waals surface area contributed by atoms with E-state index in [0.29, 0.717) is 13.2 Å². The van der Waals surface area contributed by atoms with Gasteiger partial charge in [-0.05, 0) is 12.8 Å². The summed E-state index contributed by atoms with van der Waals surface area (Å²) in [5.41, 5.74) is 0. The highest BCUT2D eigenvalue weighted by atomic mass is 16.6. The molecule has 0 aromatic carbocycles. The van der Waals surface area contributed by atoms with Gasteiger partial charge in [-0.1, -0.05) is 20.3 Å². The van der Waals surface area contributed by atoms with E-state index in [1.165, 1.54) is 0 Å². The topological polar surface area (TPSA) is 35.5 Å². The predicted molar refractivity (Wildman–Crippen MR) is 47.0 cm³/mol. The van der Waals surface area contributed by atoms with E-state index in [9.17, 15) is 4.79 Å². The summed E-state index contributed by atoms with van der Waals surface area (Å²) >= 11 is 0. The van der Waals surface area contributed by atoms with Crippen molar-refractivity contribution in [1.82, 2.24) is 0 Å². The maximum Gasteiger partial charge on any atom is 0.332 e. The van der Waals surface area contributed by atoms with Crippen LogP contribution in [0.3, 0.4) is 0 Å². The first-order chi connectivity index (χ1) is 5.81. The van der Waals surface area contributed by atoms with Crippen LogP contribution in [0.2, 0.25) is 0 Å². The second-order valence-electron chi connectivity index (χ2n) is 2.63. The Morgan fingerprint density at radius 3 is 2.50 bits per heavy atom. The van der Waals surface area contributed by atoms with Crippen LogP contribution in [0.1, 0.15) is 33.1 Å².